The van der Waals surface area contributed by atoms with Crippen molar-refractivity contribution in [1.82, 2.24) is 5.32 Å². The number of nitro benzene ring substituents is 1. The van der Waals surface area contributed by atoms with E-state index in [0.29, 0.717) is 13.1 Å². The monoisotopic (exact) mass is 307 g/mol. The van der Waals surface area contributed by atoms with Crippen molar-refractivity contribution in [2.45, 2.75) is 6.92 Å². The van der Waals surface area contributed by atoms with Crippen LogP contribution in [0.1, 0.15) is 6.92 Å². The van der Waals surface area contributed by atoms with Crippen molar-refractivity contribution >= 4 is 33.0 Å². The summed E-state index contributed by atoms with van der Waals surface area (Å²) in [6.07, 6.45) is 0. The molecule has 0 aliphatic carbocycles. The van der Waals surface area contributed by atoms with Gasteiger partial charge in [-0.3, -0.25) is 14.8 Å². The molecule has 0 fully saturated rings. The molecule has 19 heavy (non-hydrogen) atoms. The zero-order valence-electron chi connectivity index (χ0n) is 10.2. The molecule has 0 saturated heterocycles. The first-order valence-corrected chi connectivity index (χ1v) is 7.54. The lowest BCUT2D eigenvalue weighted by Gasteiger charge is -2.09. The summed E-state index contributed by atoms with van der Waals surface area (Å²) < 4.78 is 25.7. The van der Waals surface area contributed by atoms with Crippen LogP contribution in [0, 0.1) is 10.1 Å². The highest BCUT2D eigenvalue weighted by Crippen LogP contribution is 2.27. The number of nitro groups is 1. The Kier molecular flexibility index (Phi) is 5.52. The Morgan fingerprint density at radius 1 is 1.42 bits per heavy atom. The van der Waals surface area contributed by atoms with Crippen molar-refractivity contribution in [2.75, 3.05) is 23.6 Å². The molecule has 0 atom stereocenters. The smallest absolute Gasteiger partial charge is 0.271 e. The minimum atomic E-state index is -3.59. The van der Waals surface area contributed by atoms with Crippen LogP contribution in [-0.2, 0) is 10.0 Å². The van der Waals surface area contributed by atoms with Gasteiger partial charge in [-0.15, -0.1) is 0 Å². The van der Waals surface area contributed by atoms with Gasteiger partial charge in [-0.1, -0.05) is 18.5 Å². The van der Waals surface area contributed by atoms with Gasteiger partial charge in [-0.25, -0.2) is 8.42 Å². The first-order chi connectivity index (χ1) is 8.85. The van der Waals surface area contributed by atoms with E-state index in [0.717, 1.165) is 6.07 Å². The Balaban J connectivity index is 2.86. The van der Waals surface area contributed by atoms with E-state index < -0.39 is 14.9 Å². The summed E-state index contributed by atoms with van der Waals surface area (Å²) in [7, 11) is -3.59. The highest BCUT2D eigenvalue weighted by Gasteiger charge is 2.15. The van der Waals surface area contributed by atoms with Crippen molar-refractivity contribution in [3.63, 3.8) is 0 Å². The molecule has 106 valence electrons. The van der Waals surface area contributed by atoms with Crippen LogP contribution in [0.25, 0.3) is 0 Å². The molecular formula is C10H14ClN3O4S. The van der Waals surface area contributed by atoms with Crippen LogP contribution >= 0.6 is 11.6 Å². The third kappa shape index (κ3) is 5.01. The zero-order chi connectivity index (χ0) is 14.5. The lowest BCUT2D eigenvalue weighted by Crippen LogP contribution is -2.26. The Morgan fingerprint density at radius 3 is 2.68 bits per heavy atom. The Morgan fingerprint density at radius 2 is 2.11 bits per heavy atom. The van der Waals surface area contributed by atoms with Gasteiger partial charge < -0.3 is 5.32 Å². The van der Waals surface area contributed by atoms with E-state index in [1.54, 1.807) is 0 Å². The van der Waals surface area contributed by atoms with Crippen LogP contribution in [0.2, 0.25) is 5.02 Å². The predicted molar refractivity (Wildman–Crippen MR) is 74.1 cm³/mol. The van der Waals surface area contributed by atoms with E-state index in [4.69, 9.17) is 11.6 Å². The topological polar surface area (TPSA) is 101 Å². The molecule has 1 aromatic carbocycles. The first-order valence-electron chi connectivity index (χ1n) is 5.51. The number of hydrogen-bond donors (Lipinski definition) is 2. The number of nitrogens with zero attached hydrogens (tertiary/aromatic N) is 1. The van der Waals surface area contributed by atoms with Crippen LogP contribution in [0.4, 0.5) is 11.4 Å². The van der Waals surface area contributed by atoms with E-state index in [2.05, 4.69) is 10.0 Å². The maximum atomic E-state index is 11.7. The van der Waals surface area contributed by atoms with Crippen LogP contribution in [0.3, 0.4) is 0 Å². The largest absolute Gasteiger partial charge is 0.316 e. The van der Waals surface area contributed by atoms with Crippen LogP contribution < -0.4 is 10.0 Å². The molecule has 1 aromatic rings. The van der Waals surface area contributed by atoms with Crippen molar-refractivity contribution < 1.29 is 13.3 Å². The van der Waals surface area contributed by atoms with Gasteiger partial charge in [0, 0.05) is 18.7 Å². The Labute approximate surface area is 116 Å². The molecule has 0 radical (unpaired) electrons. The van der Waals surface area contributed by atoms with E-state index in [1.807, 2.05) is 6.92 Å². The summed E-state index contributed by atoms with van der Waals surface area (Å²) in [6, 6.07) is 3.58. The molecule has 9 heteroatoms. The van der Waals surface area contributed by atoms with Crippen molar-refractivity contribution in [3.05, 3.63) is 33.3 Å². The maximum Gasteiger partial charge on any atom is 0.271 e. The summed E-state index contributed by atoms with van der Waals surface area (Å²) in [5.41, 5.74) is -0.221. The summed E-state index contributed by atoms with van der Waals surface area (Å²) in [5, 5.41) is 13.6. The second kappa shape index (κ2) is 6.69. The lowest BCUT2D eigenvalue weighted by atomic mass is 10.3. The molecule has 0 heterocycles. The molecule has 1 rings (SSSR count). The molecule has 2 N–H and O–H groups in total. The standard InChI is InChI=1S/C10H14ClN3O4S/c1-2-12-5-6-19(17,18)13-10-7-8(14(15)16)3-4-9(10)11/h3-4,7,12-13H,2,5-6H2,1H3. The number of non-ortho nitro benzene ring substituents is 1. The van der Waals surface area contributed by atoms with Crippen molar-refractivity contribution in [2.24, 2.45) is 0 Å². The average Bonchev–Trinajstić information content (AvgIpc) is 2.31. The number of halogens is 1. The zero-order valence-corrected chi connectivity index (χ0v) is 11.8. The molecule has 0 aliphatic rings. The van der Waals surface area contributed by atoms with E-state index in [-0.39, 0.29) is 22.2 Å². The maximum absolute atomic E-state index is 11.7. The molecule has 0 unspecified atom stereocenters. The fraction of sp³-hybridized carbons (Fsp3) is 0.400. The average molecular weight is 308 g/mol. The van der Waals surface area contributed by atoms with Crippen LogP contribution in [-0.4, -0.2) is 32.2 Å². The number of rotatable bonds is 7. The highest BCUT2D eigenvalue weighted by molar-refractivity contribution is 7.92. The number of sulfonamides is 1. The molecule has 7 nitrogen and oxygen atoms in total. The lowest BCUT2D eigenvalue weighted by molar-refractivity contribution is -0.384. The fourth-order valence-electron chi connectivity index (χ4n) is 1.31. The van der Waals surface area contributed by atoms with Crippen LogP contribution in [0.5, 0.6) is 0 Å². The second-order valence-corrected chi connectivity index (χ2v) is 5.94. The van der Waals surface area contributed by atoms with Crippen LogP contribution in [0.15, 0.2) is 18.2 Å². The molecule has 0 amide bonds. The van der Waals surface area contributed by atoms with Gasteiger partial charge in [0.2, 0.25) is 10.0 Å². The SMILES string of the molecule is CCNCCS(=O)(=O)Nc1cc([N+](=O)[O-])ccc1Cl. The van der Waals surface area contributed by atoms with Crippen molar-refractivity contribution in [1.29, 1.82) is 0 Å². The van der Waals surface area contributed by atoms with E-state index >= 15 is 0 Å². The molecule has 0 aliphatic heterocycles. The first kappa shape index (κ1) is 15.7. The van der Waals surface area contributed by atoms with E-state index in [9.17, 15) is 18.5 Å². The fourth-order valence-corrected chi connectivity index (χ4v) is 2.55. The summed E-state index contributed by atoms with van der Waals surface area (Å²) in [4.78, 5) is 10.00. The molecular weight excluding hydrogens is 294 g/mol. The van der Waals surface area contributed by atoms with Gasteiger partial charge >= 0.3 is 0 Å². The molecule has 0 saturated carbocycles. The molecule has 0 bridgehead atoms. The number of hydrogen-bond acceptors (Lipinski definition) is 5. The molecule has 0 aromatic heterocycles. The third-order valence-electron chi connectivity index (χ3n) is 2.22. The number of anilines is 1. The Bertz CT molecular complexity index is 562. The van der Waals surface area contributed by atoms with Crippen molar-refractivity contribution in [3.8, 4) is 0 Å². The molecule has 0 spiro atoms. The minimum Gasteiger partial charge on any atom is -0.316 e. The van der Waals surface area contributed by atoms with Gasteiger partial charge in [-0.2, -0.15) is 0 Å². The normalized spacial score (nSPS) is 11.3. The third-order valence-corrected chi connectivity index (χ3v) is 3.83. The van der Waals surface area contributed by atoms with Gasteiger partial charge in [0.1, 0.15) is 0 Å². The second-order valence-electron chi connectivity index (χ2n) is 3.70. The predicted octanol–water partition coefficient (Wildman–Crippen LogP) is 1.60. The Hall–Kier alpha value is -1.38. The minimum absolute atomic E-state index is 0.00682. The highest BCUT2D eigenvalue weighted by atomic mass is 35.5. The summed E-state index contributed by atoms with van der Waals surface area (Å²) >= 11 is 5.80. The number of benzene rings is 1. The van der Waals surface area contributed by atoms with Gasteiger partial charge in [-0.05, 0) is 12.6 Å². The van der Waals surface area contributed by atoms with Gasteiger partial charge in [0.25, 0.3) is 5.69 Å². The quantitative estimate of drug-likeness (QED) is 0.452. The summed E-state index contributed by atoms with van der Waals surface area (Å²) in [6.45, 7) is 2.81. The summed E-state index contributed by atoms with van der Waals surface area (Å²) in [5.74, 6) is -0.139. The van der Waals surface area contributed by atoms with Gasteiger partial charge in [0.15, 0.2) is 0 Å². The van der Waals surface area contributed by atoms with E-state index in [1.165, 1.54) is 12.1 Å². The number of nitrogens with one attached hydrogen (secondary N) is 2. The van der Waals surface area contributed by atoms with Gasteiger partial charge in [0.05, 0.1) is 21.4 Å².